The second-order valence-electron chi connectivity index (χ2n) is 27.0. The van der Waals surface area contributed by atoms with Crippen LogP contribution in [0.3, 0.4) is 0 Å². The minimum atomic E-state index is -0.829. The number of para-hydroxylation sites is 6. The Kier molecular flexibility index (Phi) is 15.3. The lowest BCUT2D eigenvalue weighted by Gasteiger charge is -2.43. The average molecular weight is 1330 g/mol. The van der Waals surface area contributed by atoms with Gasteiger partial charge in [0.15, 0.2) is 0 Å². The van der Waals surface area contributed by atoms with Gasteiger partial charge in [0.05, 0.1) is 22.2 Å². The summed E-state index contributed by atoms with van der Waals surface area (Å²) in [6, 6.07) is 157. The minimum absolute atomic E-state index is 0.816. The number of hydrogen-bond donors (Lipinski definition) is 0. The van der Waals surface area contributed by atoms with Crippen molar-refractivity contribution in [1.82, 2.24) is 0 Å². The van der Waals surface area contributed by atoms with Gasteiger partial charge in [-0.1, -0.05) is 279 Å². The second kappa shape index (κ2) is 25.9. The van der Waals surface area contributed by atoms with Crippen LogP contribution in [-0.2, 0) is 10.8 Å². The first-order chi connectivity index (χ1) is 51.6. The van der Waals surface area contributed by atoms with Crippen LogP contribution in [0.5, 0.6) is 0 Å². The highest BCUT2D eigenvalue weighted by Gasteiger charge is 2.51. The molecule has 0 aliphatic heterocycles. The fourth-order valence-corrected chi connectivity index (χ4v) is 17.2. The topological polar surface area (TPSA) is 13.0 Å². The molecule has 0 N–H and O–H groups in total. The highest BCUT2D eigenvalue weighted by Crippen LogP contribution is 2.65. The molecule has 0 heterocycles. The number of rotatable bonds is 16. The molecule has 19 rings (SSSR count). The molecule has 2 aliphatic carbocycles. The van der Waals surface area contributed by atoms with E-state index in [0.717, 1.165) is 79.0 Å². The van der Waals surface area contributed by atoms with Gasteiger partial charge in [-0.15, -0.1) is 0 Å². The zero-order chi connectivity index (χ0) is 69.0. The Bertz CT molecular complexity index is 5770. The predicted molar refractivity (Wildman–Crippen MR) is 435 cm³/mol. The monoisotopic (exact) mass is 1330 g/mol. The molecule has 17 aromatic rings. The maximum absolute atomic E-state index is 2.64. The molecule has 0 saturated heterocycles. The van der Waals surface area contributed by atoms with Gasteiger partial charge < -0.3 is 19.6 Å². The Morgan fingerprint density at radius 1 is 0.163 bits per heavy atom. The van der Waals surface area contributed by atoms with Gasteiger partial charge in [-0.05, 0) is 223 Å². The zero-order valence-corrected chi connectivity index (χ0v) is 57.2. The van der Waals surface area contributed by atoms with Crippen molar-refractivity contribution in [1.29, 1.82) is 0 Å². The van der Waals surface area contributed by atoms with E-state index in [1.807, 2.05) is 0 Å². The number of nitrogens with zero attached hydrogens (tertiary/aromatic N) is 4. The lowest BCUT2D eigenvalue weighted by Crippen LogP contribution is -2.34. The molecular weight excluding hydrogens is 1260 g/mol. The zero-order valence-electron chi connectivity index (χ0n) is 57.2. The fraction of sp³-hybridized carbons (Fsp3) is 0.0200. The molecule has 0 saturated carbocycles. The van der Waals surface area contributed by atoms with Crippen LogP contribution in [0.4, 0.5) is 68.2 Å². The van der Waals surface area contributed by atoms with E-state index in [1.165, 1.54) is 77.5 Å². The molecule has 17 aromatic carbocycles. The van der Waals surface area contributed by atoms with Gasteiger partial charge in [0.25, 0.3) is 0 Å². The summed E-state index contributed by atoms with van der Waals surface area (Å²) in [6.45, 7) is 0. The van der Waals surface area contributed by atoms with E-state index in [4.69, 9.17) is 0 Å². The summed E-state index contributed by atoms with van der Waals surface area (Å²) >= 11 is 0. The third kappa shape index (κ3) is 9.97. The molecule has 0 spiro atoms. The first-order valence-corrected chi connectivity index (χ1v) is 35.9. The lowest BCUT2D eigenvalue weighted by atomic mass is 9.58. The Morgan fingerprint density at radius 2 is 0.452 bits per heavy atom. The molecular formula is C100H70N4. The summed E-state index contributed by atoms with van der Waals surface area (Å²) in [5.74, 6) is 0. The predicted octanol–water partition coefficient (Wildman–Crippen LogP) is 26.6. The van der Waals surface area contributed by atoms with Gasteiger partial charge in [0.1, 0.15) is 0 Å². The summed E-state index contributed by atoms with van der Waals surface area (Å²) in [5, 5.41) is 4.71. The summed E-state index contributed by atoms with van der Waals surface area (Å²) in [6.07, 6.45) is 0. The van der Waals surface area contributed by atoms with Crippen LogP contribution < -0.4 is 19.6 Å². The van der Waals surface area contributed by atoms with Crippen molar-refractivity contribution in [2.75, 3.05) is 19.6 Å². The third-order valence-corrected chi connectivity index (χ3v) is 21.5. The van der Waals surface area contributed by atoms with E-state index in [-0.39, 0.29) is 0 Å². The standard InChI is InChI=1S/C100H70N4/c1-11-34-71(35-12-1)99(72-36-13-2-14-37-72)91-57-33-56-88-95(103(79-50-27-9-28-51-79)83-62-58-81(59-63-83)101(75-42-19-5-20-43-75)76-44-21-6-22-45-76)67-66-87(97(88)91)89-68-93-90(69-92(89)99)98-86-55-32-31-54-85(86)96(70-94(98)100(93,73-38-15-3-16-39-73)74-40-17-4-18-41-74)104(80-52-29-10-30-53-80)84-64-60-82(61-65-84)102(77-46-23-7-24-47-77)78-48-25-8-26-49-78/h1-70H. The fourth-order valence-electron chi connectivity index (χ4n) is 17.2. The van der Waals surface area contributed by atoms with Crippen molar-refractivity contribution in [2.24, 2.45) is 0 Å². The molecule has 490 valence electrons. The van der Waals surface area contributed by atoms with Crippen molar-refractivity contribution in [3.05, 3.63) is 469 Å². The van der Waals surface area contributed by atoms with Gasteiger partial charge in [0.2, 0.25) is 0 Å². The first-order valence-electron chi connectivity index (χ1n) is 35.9. The molecule has 0 radical (unpaired) electrons. The summed E-state index contributed by atoms with van der Waals surface area (Å²) in [4.78, 5) is 9.61. The molecule has 0 atom stereocenters. The molecule has 2 aliphatic rings. The summed E-state index contributed by atoms with van der Waals surface area (Å²) in [5.41, 5.74) is 25.8. The molecule has 0 bridgehead atoms. The van der Waals surface area contributed by atoms with Gasteiger partial charge in [-0.2, -0.15) is 0 Å². The number of fused-ring (bicyclic) bond motifs is 7. The quantitative estimate of drug-likeness (QED) is 0.0956. The highest BCUT2D eigenvalue weighted by atomic mass is 15.2. The van der Waals surface area contributed by atoms with Crippen LogP contribution in [-0.4, -0.2) is 0 Å². The largest absolute Gasteiger partial charge is 0.311 e. The molecule has 4 heteroatoms. The van der Waals surface area contributed by atoms with E-state index < -0.39 is 10.8 Å². The van der Waals surface area contributed by atoms with Gasteiger partial charge >= 0.3 is 0 Å². The SMILES string of the molecule is c1ccc(N(c2ccccc2)c2ccc(N(c3ccccc3)c3cc4c(c5ccccc35)-c3cc5c(cc3C4(c3ccccc3)c3ccccc3)-c3ccc(N(c4ccccc4)c4ccc(N(c6ccccc6)c6ccccc6)cc4)c4cccc(c34)C5(c3ccccc3)c3ccccc3)cc2)cc1. The number of anilines is 12. The highest BCUT2D eigenvalue weighted by molar-refractivity contribution is 6.15. The van der Waals surface area contributed by atoms with Crippen LogP contribution in [0, 0.1) is 0 Å². The van der Waals surface area contributed by atoms with Gasteiger partial charge in [-0.3, -0.25) is 0 Å². The van der Waals surface area contributed by atoms with Crippen LogP contribution in [0.1, 0.15) is 44.5 Å². The van der Waals surface area contributed by atoms with Crippen LogP contribution in [0.25, 0.3) is 43.8 Å². The maximum atomic E-state index is 2.64. The normalized spacial score (nSPS) is 12.8. The summed E-state index contributed by atoms with van der Waals surface area (Å²) in [7, 11) is 0. The Balaban J connectivity index is 0.874. The Hall–Kier alpha value is -13.5. The van der Waals surface area contributed by atoms with Crippen molar-refractivity contribution in [3.8, 4) is 22.3 Å². The van der Waals surface area contributed by atoms with Crippen LogP contribution >= 0.6 is 0 Å². The smallest absolute Gasteiger partial charge is 0.0714 e. The average Bonchev–Trinajstić information content (AvgIpc) is 1.34. The first kappa shape index (κ1) is 61.5. The van der Waals surface area contributed by atoms with E-state index in [2.05, 4.69) is 444 Å². The maximum Gasteiger partial charge on any atom is 0.0714 e. The Labute approximate surface area is 607 Å². The van der Waals surface area contributed by atoms with Crippen molar-refractivity contribution >= 4 is 89.8 Å². The van der Waals surface area contributed by atoms with E-state index >= 15 is 0 Å². The Morgan fingerprint density at radius 3 is 0.846 bits per heavy atom. The minimum Gasteiger partial charge on any atom is -0.311 e. The molecule has 104 heavy (non-hydrogen) atoms. The van der Waals surface area contributed by atoms with Crippen molar-refractivity contribution < 1.29 is 0 Å². The molecule has 0 aromatic heterocycles. The number of hydrogen-bond acceptors (Lipinski definition) is 4. The molecule has 0 amide bonds. The third-order valence-electron chi connectivity index (χ3n) is 21.5. The lowest BCUT2D eigenvalue weighted by molar-refractivity contribution is 0.743. The van der Waals surface area contributed by atoms with Crippen molar-refractivity contribution in [2.45, 2.75) is 10.8 Å². The molecule has 0 unspecified atom stereocenters. The van der Waals surface area contributed by atoms with Crippen LogP contribution in [0.2, 0.25) is 0 Å². The molecule has 0 fully saturated rings. The van der Waals surface area contributed by atoms with Gasteiger partial charge in [-0.25, -0.2) is 0 Å². The van der Waals surface area contributed by atoms with E-state index in [9.17, 15) is 0 Å². The second-order valence-corrected chi connectivity index (χ2v) is 27.0. The van der Waals surface area contributed by atoms with E-state index in [0.29, 0.717) is 0 Å². The van der Waals surface area contributed by atoms with E-state index in [1.54, 1.807) is 0 Å². The summed E-state index contributed by atoms with van der Waals surface area (Å²) < 4.78 is 0. The van der Waals surface area contributed by atoms with Gasteiger partial charge in [0, 0.05) is 67.6 Å². The van der Waals surface area contributed by atoms with Crippen molar-refractivity contribution in [3.63, 3.8) is 0 Å². The molecule has 4 nitrogen and oxygen atoms in total. The van der Waals surface area contributed by atoms with Crippen LogP contribution in [0.15, 0.2) is 425 Å². The number of benzene rings is 17.